The van der Waals surface area contributed by atoms with Gasteiger partial charge in [0, 0.05) is 25.2 Å². The predicted octanol–water partition coefficient (Wildman–Crippen LogP) is 2.41. The summed E-state index contributed by atoms with van der Waals surface area (Å²) < 4.78 is 0. The van der Waals surface area contributed by atoms with E-state index in [1.165, 1.54) is 0 Å². The molecule has 0 saturated carbocycles. The third kappa shape index (κ3) is 4.41. The molecule has 1 rings (SSSR count). The van der Waals surface area contributed by atoms with Crippen LogP contribution in [-0.2, 0) is 4.79 Å². The summed E-state index contributed by atoms with van der Waals surface area (Å²) in [5.41, 5.74) is 3.12. The average Bonchev–Trinajstić information content (AvgIpc) is 2.30. The molecule has 1 aromatic rings. The molecule has 3 heteroatoms. The first-order chi connectivity index (χ1) is 8.15. The molecule has 0 radical (unpaired) electrons. The number of aryl methyl sites for hydroxylation is 2. The lowest BCUT2D eigenvalue weighted by molar-refractivity contribution is -0.116. The molecule has 0 aliphatic heterocycles. The minimum atomic E-state index is 0.0407. The Hall–Kier alpha value is -1.61. The molecule has 0 aliphatic rings. The van der Waals surface area contributed by atoms with Gasteiger partial charge < -0.3 is 10.6 Å². The van der Waals surface area contributed by atoms with Crippen molar-refractivity contribution < 1.29 is 4.79 Å². The van der Waals surface area contributed by atoms with Crippen molar-refractivity contribution in [3.8, 4) is 0 Å². The van der Waals surface area contributed by atoms with Crippen LogP contribution in [0.3, 0.4) is 0 Å². The molecule has 0 heterocycles. The molecule has 2 N–H and O–H groups in total. The molecule has 0 fully saturated rings. The quantitative estimate of drug-likeness (QED) is 0.584. The summed E-state index contributed by atoms with van der Waals surface area (Å²) in [6.45, 7) is 9.00. The van der Waals surface area contributed by atoms with Crippen LogP contribution in [-0.4, -0.2) is 19.0 Å². The number of hydrogen-bond donors (Lipinski definition) is 2. The first kappa shape index (κ1) is 13.5. The Kier molecular flexibility index (Phi) is 5.43. The van der Waals surface area contributed by atoms with E-state index in [9.17, 15) is 4.79 Å². The van der Waals surface area contributed by atoms with Gasteiger partial charge >= 0.3 is 0 Å². The van der Waals surface area contributed by atoms with Crippen molar-refractivity contribution in [1.82, 2.24) is 5.32 Å². The standard InChI is InChI=1S/C14H20N2O/c1-4-9-15-10-8-13(17)16-14-11(2)6-5-7-12(14)3/h4-7,15H,1,8-10H2,2-3H3,(H,16,17). The second kappa shape index (κ2) is 6.86. The second-order valence-electron chi connectivity index (χ2n) is 4.06. The van der Waals surface area contributed by atoms with Crippen molar-refractivity contribution in [3.05, 3.63) is 42.0 Å². The Morgan fingerprint density at radius 2 is 2.00 bits per heavy atom. The summed E-state index contributed by atoms with van der Waals surface area (Å²) in [6, 6.07) is 5.99. The smallest absolute Gasteiger partial charge is 0.225 e. The van der Waals surface area contributed by atoms with Crippen LogP contribution < -0.4 is 10.6 Å². The minimum absolute atomic E-state index is 0.0407. The molecule has 0 bridgehead atoms. The summed E-state index contributed by atoms with van der Waals surface area (Å²) in [5.74, 6) is 0.0407. The average molecular weight is 232 g/mol. The third-order valence-electron chi connectivity index (χ3n) is 2.56. The number of amides is 1. The van der Waals surface area contributed by atoms with Gasteiger partial charge in [-0.15, -0.1) is 6.58 Å². The Morgan fingerprint density at radius 1 is 1.35 bits per heavy atom. The molecule has 0 aliphatic carbocycles. The number of carbonyl (C=O) groups is 1. The first-order valence-corrected chi connectivity index (χ1v) is 5.83. The molecular formula is C14H20N2O. The summed E-state index contributed by atoms with van der Waals surface area (Å²) in [5, 5.41) is 6.05. The predicted molar refractivity (Wildman–Crippen MR) is 72.2 cm³/mol. The molecule has 1 amide bonds. The summed E-state index contributed by atoms with van der Waals surface area (Å²) in [4.78, 5) is 11.7. The molecule has 3 nitrogen and oxygen atoms in total. The van der Waals surface area contributed by atoms with Gasteiger partial charge in [-0.05, 0) is 25.0 Å². The zero-order chi connectivity index (χ0) is 12.7. The number of benzene rings is 1. The van der Waals surface area contributed by atoms with Crippen molar-refractivity contribution in [2.24, 2.45) is 0 Å². The molecule has 1 aromatic carbocycles. The maximum atomic E-state index is 11.7. The summed E-state index contributed by atoms with van der Waals surface area (Å²) >= 11 is 0. The maximum Gasteiger partial charge on any atom is 0.225 e. The van der Waals surface area contributed by atoms with Crippen LogP contribution in [0.5, 0.6) is 0 Å². The lowest BCUT2D eigenvalue weighted by atomic mass is 10.1. The molecule has 0 saturated heterocycles. The Bertz CT molecular complexity index is 379. The van der Waals surface area contributed by atoms with Crippen LogP contribution in [0.1, 0.15) is 17.5 Å². The topological polar surface area (TPSA) is 41.1 Å². The first-order valence-electron chi connectivity index (χ1n) is 5.83. The lowest BCUT2D eigenvalue weighted by Crippen LogP contribution is -2.22. The van der Waals surface area contributed by atoms with E-state index >= 15 is 0 Å². The second-order valence-corrected chi connectivity index (χ2v) is 4.06. The van der Waals surface area contributed by atoms with Crippen molar-refractivity contribution in [2.45, 2.75) is 20.3 Å². The van der Waals surface area contributed by atoms with Gasteiger partial charge in [-0.1, -0.05) is 24.3 Å². The van der Waals surface area contributed by atoms with Gasteiger partial charge in [-0.25, -0.2) is 0 Å². The fourth-order valence-corrected chi connectivity index (χ4v) is 1.62. The van der Waals surface area contributed by atoms with Gasteiger partial charge in [0.2, 0.25) is 5.91 Å². The molecule has 92 valence electrons. The van der Waals surface area contributed by atoms with Crippen molar-refractivity contribution >= 4 is 11.6 Å². The van der Waals surface area contributed by atoms with E-state index in [1.807, 2.05) is 32.0 Å². The Balaban J connectivity index is 2.48. The highest BCUT2D eigenvalue weighted by atomic mass is 16.1. The van der Waals surface area contributed by atoms with E-state index in [2.05, 4.69) is 17.2 Å². The van der Waals surface area contributed by atoms with Gasteiger partial charge in [-0.2, -0.15) is 0 Å². The highest BCUT2D eigenvalue weighted by molar-refractivity contribution is 5.92. The molecule has 0 aromatic heterocycles. The van der Waals surface area contributed by atoms with E-state index in [0.717, 1.165) is 23.4 Å². The Morgan fingerprint density at radius 3 is 2.59 bits per heavy atom. The van der Waals surface area contributed by atoms with Gasteiger partial charge in [0.05, 0.1) is 0 Å². The number of rotatable bonds is 6. The highest BCUT2D eigenvalue weighted by Crippen LogP contribution is 2.19. The number of anilines is 1. The van der Waals surface area contributed by atoms with E-state index in [-0.39, 0.29) is 5.91 Å². The summed E-state index contributed by atoms with van der Waals surface area (Å²) in [6.07, 6.45) is 2.25. The van der Waals surface area contributed by atoms with Crippen LogP contribution in [0, 0.1) is 13.8 Å². The maximum absolute atomic E-state index is 11.7. The van der Waals surface area contributed by atoms with Gasteiger partial charge in [0.25, 0.3) is 0 Å². The monoisotopic (exact) mass is 232 g/mol. The highest BCUT2D eigenvalue weighted by Gasteiger charge is 2.06. The SMILES string of the molecule is C=CCNCCC(=O)Nc1c(C)cccc1C. The molecular weight excluding hydrogens is 212 g/mol. The van der Waals surface area contributed by atoms with E-state index < -0.39 is 0 Å². The van der Waals surface area contributed by atoms with Crippen molar-refractivity contribution in [1.29, 1.82) is 0 Å². The van der Waals surface area contributed by atoms with Crippen molar-refractivity contribution in [2.75, 3.05) is 18.4 Å². The van der Waals surface area contributed by atoms with Crippen LogP contribution >= 0.6 is 0 Å². The number of nitrogens with one attached hydrogen (secondary N) is 2. The molecule has 0 unspecified atom stereocenters. The van der Waals surface area contributed by atoms with Crippen LogP contribution in [0.15, 0.2) is 30.9 Å². The zero-order valence-corrected chi connectivity index (χ0v) is 10.5. The van der Waals surface area contributed by atoms with Crippen LogP contribution in [0.4, 0.5) is 5.69 Å². The number of para-hydroxylation sites is 1. The molecule has 0 spiro atoms. The minimum Gasteiger partial charge on any atom is -0.326 e. The normalized spacial score (nSPS) is 10.0. The van der Waals surface area contributed by atoms with E-state index in [0.29, 0.717) is 13.0 Å². The van der Waals surface area contributed by atoms with E-state index in [4.69, 9.17) is 0 Å². The fraction of sp³-hybridized carbons (Fsp3) is 0.357. The van der Waals surface area contributed by atoms with Gasteiger partial charge in [-0.3, -0.25) is 4.79 Å². The lowest BCUT2D eigenvalue weighted by Gasteiger charge is -2.11. The molecule has 0 atom stereocenters. The number of carbonyl (C=O) groups excluding carboxylic acids is 1. The van der Waals surface area contributed by atoms with Gasteiger partial charge in [0.1, 0.15) is 0 Å². The zero-order valence-electron chi connectivity index (χ0n) is 10.5. The van der Waals surface area contributed by atoms with Gasteiger partial charge in [0.15, 0.2) is 0 Å². The van der Waals surface area contributed by atoms with Crippen LogP contribution in [0.25, 0.3) is 0 Å². The fourth-order valence-electron chi connectivity index (χ4n) is 1.62. The largest absolute Gasteiger partial charge is 0.326 e. The van der Waals surface area contributed by atoms with Crippen LogP contribution in [0.2, 0.25) is 0 Å². The van der Waals surface area contributed by atoms with Crippen molar-refractivity contribution in [3.63, 3.8) is 0 Å². The van der Waals surface area contributed by atoms with E-state index in [1.54, 1.807) is 6.08 Å². The Labute approximate surface area is 103 Å². The number of hydrogen-bond acceptors (Lipinski definition) is 2. The summed E-state index contributed by atoms with van der Waals surface area (Å²) in [7, 11) is 0. The molecule has 17 heavy (non-hydrogen) atoms. The third-order valence-corrected chi connectivity index (χ3v) is 2.56.